The molecule has 0 amide bonds. The number of carbonyl (C=O) groups is 1. The Balaban J connectivity index is 2.04. The van der Waals surface area contributed by atoms with Gasteiger partial charge in [0.2, 0.25) is 0 Å². The SMILES string of the molecule is CC1=CC(=O)[C@]2(C)[C@@H](O)[C@H]3CC(C)(C)C[C@H]3[C@H]12. The van der Waals surface area contributed by atoms with E-state index in [0.29, 0.717) is 17.3 Å². The Hall–Kier alpha value is -0.630. The van der Waals surface area contributed by atoms with Gasteiger partial charge in [0, 0.05) is 0 Å². The number of aliphatic hydroxyl groups is 1. The molecule has 0 aromatic carbocycles. The van der Waals surface area contributed by atoms with Crippen molar-refractivity contribution in [2.75, 3.05) is 0 Å². The summed E-state index contributed by atoms with van der Waals surface area (Å²) in [5.74, 6) is 1.27. The van der Waals surface area contributed by atoms with Crippen LogP contribution in [0, 0.1) is 28.6 Å². The van der Waals surface area contributed by atoms with E-state index in [1.807, 2.05) is 6.92 Å². The Morgan fingerprint density at radius 1 is 1.24 bits per heavy atom. The Bertz CT molecular complexity index is 421. The topological polar surface area (TPSA) is 37.3 Å². The minimum atomic E-state index is -0.518. The van der Waals surface area contributed by atoms with Crippen molar-refractivity contribution in [3.05, 3.63) is 11.6 Å². The third-order valence-electron chi connectivity index (χ3n) is 5.60. The van der Waals surface area contributed by atoms with E-state index in [4.69, 9.17) is 0 Å². The molecular formula is C15H22O2. The number of fused-ring (bicyclic) bond motifs is 3. The second kappa shape index (κ2) is 3.03. The zero-order valence-electron chi connectivity index (χ0n) is 11.2. The van der Waals surface area contributed by atoms with E-state index in [-0.39, 0.29) is 11.7 Å². The summed E-state index contributed by atoms with van der Waals surface area (Å²) in [6, 6.07) is 0. The second-order valence-corrected chi connectivity index (χ2v) is 7.36. The van der Waals surface area contributed by atoms with Gasteiger partial charge in [0.15, 0.2) is 5.78 Å². The van der Waals surface area contributed by atoms with Gasteiger partial charge in [0.25, 0.3) is 0 Å². The molecule has 3 aliphatic carbocycles. The monoisotopic (exact) mass is 234 g/mol. The molecule has 94 valence electrons. The summed E-state index contributed by atoms with van der Waals surface area (Å²) in [5.41, 5.74) is 1.00. The van der Waals surface area contributed by atoms with Crippen LogP contribution < -0.4 is 0 Å². The molecule has 0 spiro atoms. The van der Waals surface area contributed by atoms with Gasteiger partial charge < -0.3 is 5.11 Å². The lowest BCUT2D eigenvalue weighted by Gasteiger charge is -2.32. The van der Waals surface area contributed by atoms with Crippen LogP contribution in [0.3, 0.4) is 0 Å². The molecule has 0 radical (unpaired) electrons. The number of carbonyl (C=O) groups excluding carboxylic acids is 1. The number of rotatable bonds is 0. The highest BCUT2D eigenvalue weighted by Gasteiger charge is 2.65. The molecule has 0 aromatic heterocycles. The van der Waals surface area contributed by atoms with Crippen LogP contribution in [0.5, 0.6) is 0 Å². The molecule has 3 aliphatic rings. The van der Waals surface area contributed by atoms with Gasteiger partial charge in [-0.3, -0.25) is 4.79 Å². The van der Waals surface area contributed by atoms with Crippen molar-refractivity contribution in [3.8, 4) is 0 Å². The van der Waals surface area contributed by atoms with Crippen molar-refractivity contribution in [3.63, 3.8) is 0 Å². The lowest BCUT2D eigenvalue weighted by Crippen LogP contribution is -2.39. The van der Waals surface area contributed by atoms with Crippen molar-refractivity contribution < 1.29 is 9.90 Å². The molecule has 2 heteroatoms. The van der Waals surface area contributed by atoms with E-state index in [2.05, 4.69) is 20.8 Å². The van der Waals surface area contributed by atoms with Crippen molar-refractivity contribution in [1.82, 2.24) is 0 Å². The van der Waals surface area contributed by atoms with Crippen LogP contribution in [0.1, 0.15) is 40.5 Å². The molecule has 17 heavy (non-hydrogen) atoms. The van der Waals surface area contributed by atoms with Gasteiger partial charge in [0.05, 0.1) is 11.5 Å². The van der Waals surface area contributed by atoms with Crippen LogP contribution in [0.15, 0.2) is 11.6 Å². The average Bonchev–Trinajstić information content (AvgIpc) is 2.68. The smallest absolute Gasteiger partial charge is 0.164 e. The Morgan fingerprint density at radius 3 is 2.47 bits per heavy atom. The maximum atomic E-state index is 12.2. The Labute approximate surface area is 103 Å². The van der Waals surface area contributed by atoms with Crippen LogP contribution in [-0.2, 0) is 4.79 Å². The van der Waals surface area contributed by atoms with Crippen LogP contribution in [-0.4, -0.2) is 17.0 Å². The van der Waals surface area contributed by atoms with E-state index in [0.717, 1.165) is 12.8 Å². The number of aliphatic hydroxyl groups excluding tert-OH is 1. The summed E-state index contributed by atoms with van der Waals surface area (Å²) in [6.45, 7) is 8.60. The van der Waals surface area contributed by atoms with E-state index in [1.165, 1.54) is 5.57 Å². The molecule has 0 unspecified atom stereocenters. The normalized spacial score (nSPS) is 51.4. The van der Waals surface area contributed by atoms with Gasteiger partial charge in [-0.05, 0) is 55.9 Å². The van der Waals surface area contributed by atoms with Crippen molar-refractivity contribution in [2.24, 2.45) is 28.6 Å². The zero-order valence-corrected chi connectivity index (χ0v) is 11.2. The van der Waals surface area contributed by atoms with Crippen LogP contribution in [0.25, 0.3) is 0 Å². The first-order valence-electron chi connectivity index (χ1n) is 6.68. The molecule has 5 atom stereocenters. The second-order valence-electron chi connectivity index (χ2n) is 7.36. The number of ketones is 1. The first-order chi connectivity index (χ1) is 7.77. The van der Waals surface area contributed by atoms with Gasteiger partial charge in [-0.15, -0.1) is 0 Å². The molecule has 2 nitrogen and oxygen atoms in total. The Kier molecular flexibility index (Phi) is 2.04. The standard InChI is InChI=1S/C15H22O2/c1-8-5-11(16)15(4)12(8)9-6-14(2,3)7-10(9)13(15)17/h5,9-10,12-13,17H,6-7H2,1-4H3/t9-,10+,12+,13+,15+/m1/s1. The fourth-order valence-electron chi connectivity index (χ4n) is 5.01. The molecule has 0 bridgehead atoms. The fourth-order valence-corrected chi connectivity index (χ4v) is 5.01. The highest BCUT2D eigenvalue weighted by Crippen LogP contribution is 2.65. The quantitative estimate of drug-likeness (QED) is 0.699. The molecule has 1 N–H and O–H groups in total. The van der Waals surface area contributed by atoms with Crippen LogP contribution in [0.2, 0.25) is 0 Å². The first kappa shape index (κ1) is 11.5. The Morgan fingerprint density at radius 2 is 1.82 bits per heavy atom. The highest BCUT2D eigenvalue weighted by atomic mass is 16.3. The van der Waals surface area contributed by atoms with Gasteiger partial charge in [0.1, 0.15) is 0 Å². The number of allylic oxidation sites excluding steroid dienone is 2. The van der Waals surface area contributed by atoms with Gasteiger partial charge in [-0.2, -0.15) is 0 Å². The molecule has 0 aromatic rings. The summed E-state index contributed by atoms with van der Waals surface area (Å²) in [4.78, 5) is 12.2. The lowest BCUT2D eigenvalue weighted by molar-refractivity contribution is -0.129. The maximum Gasteiger partial charge on any atom is 0.164 e. The molecule has 0 saturated heterocycles. The zero-order chi connectivity index (χ0) is 12.6. The van der Waals surface area contributed by atoms with Gasteiger partial charge >= 0.3 is 0 Å². The molecule has 0 aliphatic heterocycles. The summed E-state index contributed by atoms with van der Waals surface area (Å²) >= 11 is 0. The molecule has 3 rings (SSSR count). The van der Waals surface area contributed by atoms with Gasteiger partial charge in [-0.25, -0.2) is 0 Å². The summed E-state index contributed by atoms with van der Waals surface area (Å²) in [5, 5.41) is 10.6. The van der Waals surface area contributed by atoms with E-state index < -0.39 is 11.5 Å². The fraction of sp³-hybridized carbons (Fsp3) is 0.800. The third kappa shape index (κ3) is 1.22. The van der Waals surface area contributed by atoms with Crippen molar-refractivity contribution in [2.45, 2.75) is 46.6 Å². The lowest BCUT2D eigenvalue weighted by atomic mass is 9.72. The van der Waals surface area contributed by atoms with Gasteiger partial charge in [-0.1, -0.05) is 19.4 Å². The van der Waals surface area contributed by atoms with E-state index in [9.17, 15) is 9.90 Å². The van der Waals surface area contributed by atoms with E-state index >= 15 is 0 Å². The van der Waals surface area contributed by atoms with Crippen LogP contribution in [0.4, 0.5) is 0 Å². The average molecular weight is 234 g/mol. The predicted octanol–water partition coefficient (Wildman–Crippen LogP) is 2.56. The molecule has 2 saturated carbocycles. The highest BCUT2D eigenvalue weighted by molar-refractivity contribution is 5.99. The predicted molar refractivity (Wildman–Crippen MR) is 66.4 cm³/mol. The van der Waals surface area contributed by atoms with E-state index in [1.54, 1.807) is 6.08 Å². The van der Waals surface area contributed by atoms with Crippen molar-refractivity contribution >= 4 is 5.78 Å². The van der Waals surface area contributed by atoms with Crippen LogP contribution >= 0.6 is 0 Å². The van der Waals surface area contributed by atoms with Crippen molar-refractivity contribution in [1.29, 1.82) is 0 Å². The first-order valence-corrected chi connectivity index (χ1v) is 6.68. The number of hydrogen-bond donors (Lipinski definition) is 1. The molecule has 0 heterocycles. The molecular weight excluding hydrogens is 212 g/mol. The molecule has 2 fully saturated rings. The minimum Gasteiger partial charge on any atom is -0.392 e. The summed E-state index contributed by atoms with van der Waals surface area (Å²) in [6.07, 6.45) is 3.54. The maximum absolute atomic E-state index is 12.2. The summed E-state index contributed by atoms with van der Waals surface area (Å²) < 4.78 is 0. The minimum absolute atomic E-state index is 0.153. The largest absolute Gasteiger partial charge is 0.392 e. The summed E-state index contributed by atoms with van der Waals surface area (Å²) in [7, 11) is 0. The number of hydrogen-bond acceptors (Lipinski definition) is 2. The third-order valence-corrected chi connectivity index (χ3v) is 5.60.